The van der Waals surface area contributed by atoms with Crippen molar-refractivity contribution >= 4 is 21.9 Å². The van der Waals surface area contributed by atoms with Gasteiger partial charge in [-0.1, -0.05) is 0 Å². The van der Waals surface area contributed by atoms with E-state index in [0.717, 1.165) is 10.9 Å². The normalized spacial score (nSPS) is 25.7. The van der Waals surface area contributed by atoms with Gasteiger partial charge >= 0.3 is 5.97 Å². The van der Waals surface area contributed by atoms with Gasteiger partial charge in [-0.3, -0.25) is 9.48 Å². The van der Waals surface area contributed by atoms with Crippen LogP contribution in [-0.4, -0.2) is 22.9 Å². The lowest BCUT2D eigenvalue weighted by atomic mass is 10.4. The summed E-state index contributed by atoms with van der Waals surface area (Å²) in [6.45, 7) is 0. The van der Waals surface area contributed by atoms with E-state index in [2.05, 4.69) is 25.8 Å². The van der Waals surface area contributed by atoms with E-state index in [-0.39, 0.29) is 17.9 Å². The smallest absolute Gasteiger partial charge is 0.310 e. The van der Waals surface area contributed by atoms with Crippen molar-refractivity contribution < 1.29 is 9.53 Å². The molecule has 0 aliphatic heterocycles. The molecule has 0 aromatic carbocycles. The zero-order valence-corrected chi connectivity index (χ0v) is 8.69. The van der Waals surface area contributed by atoms with Crippen molar-refractivity contribution in [2.75, 3.05) is 7.11 Å². The molecule has 1 aliphatic carbocycles. The number of nitrogens with zero attached hydrogens (tertiary/aromatic N) is 2. The van der Waals surface area contributed by atoms with Gasteiger partial charge in [-0.25, -0.2) is 0 Å². The second-order valence-corrected chi connectivity index (χ2v) is 3.99. The first-order valence-corrected chi connectivity index (χ1v) is 4.79. The molecular weight excluding hydrogens is 236 g/mol. The number of methoxy groups -OCH3 is 1. The van der Waals surface area contributed by atoms with Crippen LogP contribution < -0.4 is 0 Å². The molecule has 5 heteroatoms. The zero-order valence-electron chi connectivity index (χ0n) is 7.11. The van der Waals surface area contributed by atoms with E-state index in [1.54, 1.807) is 10.9 Å². The predicted octanol–water partition coefficient (Wildman–Crippen LogP) is 1.38. The van der Waals surface area contributed by atoms with E-state index in [1.165, 1.54) is 7.11 Å². The highest BCUT2D eigenvalue weighted by molar-refractivity contribution is 9.10. The van der Waals surface area contributed by atoms with Gasteiger partial charge in [0.2, 0.25) is 0 Å². The largest absolute Gasteiger partial charge is 0.469 e. The highest BCUT2D eigenvalue weighted by Crippen LogP contribution is 2.43. The number of hydrogen-bond acceptors (Lipinski definition) is 3. The van der Waals surface area contributed by atoms with Crippen molar-refractivity contribution in [3.63, 3.8) is 0 Å². The first-order chi connectivity index (χ1) is 6.22. The van der Waals surface area contributed by atoms with Crippen LogP contribution in [0.1, 0.15) is 12.5 Å². The fraction of sp³-hybridized carbons (Fsp3) is 0.500. The quantitative estimate of drug-likeness (QED) is 0.739. The molecule has 2 rings (SSSR count). The number of rotatable bonds is 2. The van der Waals surface area contributed by atoms with Crippen LogP contribution in [0.15, 0.2) is 16.9 Å². The molecule has 1 heterocycles. The van der Waals surface area contributed by atoms with Gasteiger partial charge in [0.15, 0.2) is 0 Å². The minimum atomic E-state index is -0.142. The summed E-state index contributed by atoms with van der Waals surface area (Å²) in [5, 5.41) is 4.11. The van der Waals surface area contributed by atoms with Gasteiger partial charge in [-0.2, -0.15) is 5.10 Å². The van der Waals surface area contributed by atoms with E-state index in [9.17, 15) is 4.79 Å². The maximum Gasteiger partial charge on any atom is 0.310 e. The first kappa shape index (κ1) is 8.74. The molecule has 0 N–H and O–H groups in total. The summed E-state index contributed by atoms with van der Waals surface area (Å²) in [6, 6.07) is 0.193. The summed E-state index contributed by atoms with van der Waals surface area (Å²) in [7, 11) is 1.41. The predicted molar refractivity (Wildman–Crippen MR) is 49.1 cm³/mol. The van der Waals surface area contributed by atoms with Crippen molar-refractivity contribution in [2.45, 2.75) is 12.5 Å². The number of halogens is 1. The van der Waals surface area contributed by atoms with Crippen LogP contribution in [0.4, 0.5) is 0 Å². The average molecular weight is 245 g/mol. The number of ether oxygens (including phenoxy) is 1. The summed E-state index contributed by atoms with van der Waals surface area (Å²) in [5.41, 5.74) is 0. The van der Waals surface area contributed by atoms with Crippen LogP contribution in [0.3, 0.4) is 0 Å². The maximum absolute atomic E-state index is 11.1. The SMILES string of the molecule is COC(=O)[C@@H]1C[C@H]1n1cc(Br)cn1. The fourth-order valence-electron chi connectivity index (χ4n) is 1.37. The number of carbonyl (C=O) groups excluding carboxylic acids is 1. The van der Waals surface area contributed by atoms with E-state index >= 15 is 0 Å². The summed E-state index contributed by atoms with van der Waals surface area (Å²) in [6.07, 6.45) is 4.42. The third kappa shape index (κ3) is 1.60. The van der Waals surface area contributed by atoms with E-state index < -0.39 is 0 Å². The number of hydrogen-bond donors (Lipinski definition) is 0. The summed E-state index contributed by atoms with van der Waals surface area (Å²) < 4.78 is 7.37. The Kier molecular flexibility index (Phi) is 2.11. The van der Waals surface area contributed by atoms with Crippen LogP contribution >= 0.6 is 15.9 Å². The van der Waals surface area contributed by atoms with Crippen molar-refractivity contribution in [1.29, 1.82) is 0 Å². The molecule has 0 radical (unpaired) electrons. The van der Waals surface area contributed by atoms with E-state index in [1.807, 2.05) is 6.20 Å². The molecule has 1 aliphatic rings. The van der Waals surface area contributed by atoms with E-state index in [0.29, 0.717) is 0 Å². The zero-order chi connectivity index (χ0) is 9.42. The standard InChI is InChI=1S/C8H9BrN2O2/c1-13-8(12)6-2-7(6)11-4-5(9)3-10-11/h3-4,6-7H,2H2,1H3/t6-,7-/m1/s1. The van der Waals surface area contributed by atoms with E-state index in [4.69, 9.17) is 0 Å². The summed E-state index contributed by atoms with van der Waals surface area (Å²) in [4.78, 5) is 11.1. The Hall–Kier alpha value is -0.840. The molecule has 0 bridgehead atoms. The molecule has 1 aromatic rings. The molecule has 2 atom stereocenters. The molecule has 0 spiro atoms. The van der Waals surface area contributed by atoms with Gasteiger partial charge in [0.1, 0.15) is 0 Å². The van der Waals surface area contributed by atoms with Gasteiger partial charge in [0.25, 0.3) is 0 Å². The lowest BCUT2D eigenvalue weighted by Gasteiger charge is -1.98. The van der Waals surface area contributed by atoms with Crippen LogP contribution in [-0.2, 0) is 9.53 Å². The molecule has 0 saturated heterocycles. The van der Waals surface area contributed by atoms with Crippen molar-refractivity contribution in [1.82, 2.24) is 9.78 Å². The molecule has 13 heavy (non-hydrogen) atoms. The third-order valence-electron chi connectivity index (χ3n) is 2.17. The van der Waals surface area contributed by atoms with Crippen LogP contribution in [0.25, 0.3) is 0 Å². The van der Waals surface area contributed by atoms with Crippen molar-refractivity contribution in [3.05, 3.63) is 16.9 Å². The van der Waals surface area contributed by atoms with Crippen molar-refractivity contribution in [3.8, 4) is 0 Å². The summed E-state index contributed by atoms with van der Waals surface area (Å²) in [5.74, 6) is -0.145. The molecular formula is C8H9BrN2O2. The molecule has 4 nitrogen and oxygen atoms in total. The number of aromatic nitrogens is 2. The Morgan fingerprint density at radius 3 is 3.15 bits per heavy atom. The Morgan fingerprint density at radius 1 is 1.85 bits per heavy atom. The molecule has 0 amide bonds. The Balaban J connectivity index is 2.04. The van der Waals surface area contributed by atoms with Crippen LogP contribution in [0.2, 0.25) is 0 Å². The fourth-order valence-corrected chi connectivity index (χ4v) is 1.68. The van der Waals surface area contributed by atoms with Gasteiger partial charge in [0, 0.05) is 6.20 Å². The molecule has 0 unspecified atom stereocenters. The maximum atomic E-state index is 11.1. The summed E-state index contributed by atoms with van der Waals surface area (Å²) >= 11 is 3.30. The minimum absolute atomic E-state index is 0.00296. The third-order valence-corrected chi connectivity index (χ3v) is 2.58. The Bertz CT molecular complexity index is 337. The molecule has 70 valence electrons. The Morgan fingerprint density at radius 2 is 2.62 bits per heavy atom. The second kappa shape index (κ2) is 3.14. The lowest BCUT2D eigenvalue weighted by Crippen LogP contribution is -2.07. The van der Waals surface area contributed by atoms with Gasteiger partial charge in [0.05, 0.1) is 29.7 Å². The molecule has 1 fully saturated rings. The number of carbonyl (C=O) groups is 1. The lowest BCUT2D eigenvalue weighted by molar-refractivity contribution is -0.142. The highest BCUT2D eigenvalue weighted by atomic mass is 79.9. The minimum Gasteiger partial charge on any atom is -0.469 e. The molecule has 1 aromatic heterocycles. The van der Waals surface area contributed by atoms with Gasteiger partial charge < -0.3 is 4.74 Å². The topological polar surface area (TPSA) is 44.1 Å². The van der Waals surface area contributed by atoms with Crippen LogP contribution in [0, 0.1) is 5.92 Å². The average Bonchev–Trinajstić information content (AvgIpc) is 2.82. The first-order valence-electron chi connectivity index (χ1n) is 4.00. The molecule has 1 saturated carbocycles. The Labute approximate surface area is 84.0 Å². The monoisotopic (exact) mass is 244 g/mol. The second-order valence-electron chi connectivity index (χ2n) is 3.07. The number of esters is 1. The van der Waals surface area contributed by atoms with Crippen molar-refractivity contribution in [2.24, 2.45) is 5.92 Å². The van der Waals surface area contributed by atoms with Gasteiger partial charge in [-0.05, 0) is 22.4 Å². The highest BCUT2D eigenvalue weighted by Gasteiger charge is 2.46. The van der Waals surface area contributed by atoms with Crippen LogP contribution in [0.5, 0.6) is 0 Å². The van der Waals surface area contributed by atoms with Gasteiger partial charge in [-0.15, -0.1) is 0 Å².